The number of anilines is 1. The van der Waals surface area contributed by atoms with Gasteiger partial charge in [0.15, 0.2) is 0 Å². The maximum Gasteiger partial charge on any atom is 0.411 e. The van der Waals surface area contributed by atoms with Gasteiger partial charge in [0.2, 0.25) is 0 Å². The van der Waals surface area contributed by atoms with Crippen molar-refractivity contribution in [3.05, 3.63) is 28.8 Å². The second-order valence-corrected chi connectivity index (χ2v) is 5.59. The molecule has 1 aromatic rings. The first kappa shape index (κ1) is 15.9. The maximum absolute atomic E-state index is 12.9. The zero-order valence-corrected chi connectivity index (χ0v) is 12.2. The maximum atomic E-state index is 12.9. The molecule has 1 fully saturated rings. The SMILES string of the molecule is CCCNc1ccc(Cl)cc1C(=O)NC1(C(F)(F)F)CC1. The molecule has 0 spiro atoms. The van der Waals surface area contributed by atoms with E-state index in [0.29, 0.717) is 17.3 Å². The molecule has 2 rings (SSSR count). The Bertz CT molecular complexity index is 542. The van der Waals surface area contributed by atoms with Crippen molar-refractivity contribution in [1.82, 2.24) is 5.32 Å². The van der Waals surface area contributed by atoms with Crippen molar-refractivity contribution >= 4 is 23.2 Å². The Morgan fingerprint density at radius 3 is 2.57 bits per heavy atom. The summed E-state index contributed by atoms with van der Waals surface area (Å²) in [5.74, 6) is -0.758. The Kier molecular flexibility index (Phi) is 4.37. The van der Waals surface area contributed by atoms with Gasteiger partial charge in [0.1, 0.15) is 5.54 Å². The smallest absolute Gasteiger partial charge is 0.384 e. The fourth-order valence-corrected chi connectivity index (χ4v) is 2.18. The van der Waals surface area contributed by atoms with Crippen LogP contribution in [0.1, 0.15) is 36.5 Å². The molecule has 1 amide bonds. The number of alkyl halides is 3. The van der Waals surface area contributed by atoms with E-state index < -0.39 is 17.6 Å². The second kappa shape index (κ2) is 5.75. The number of nitrogens with one attached hydrogen (secondary N) is 2. The summed E-state index contributed by atoms with van der Waals surface area (Å²) in [5.41, 5.74) is -1.46. The van der Waals surface area contributed by atoms with Crippen LogP contribution in [0.25, 0.3) is 0 Å². The Balaban J connectivity index is 2.21. The normalized spacial score (nSPS) is 16.4. The van der Waals surface area contributed by atoms with Crippen LogP contribution in [-0.2, 0) is 0 Å². The number of carbonyl (C=O) groups is 1. The van der Waals surface area contributed by atoms with Gasteiger partial charge in [0, 0.05) is 17.3 Å². The highest BCUT2D eigenvalue weighted by Gasteiger charge is 2.64. The van der Waals surface area contributed by atoms with Crippen LogP contribution in [0.3, 0.4) is 0 Å². The third-order valence-corrected chi connectivity index (χ3v) is 3.67. The largest absolute Gasteiger partial charge is 0.411 e. The number of carbonyl (C=O) groups excluding carboxylic acids is 1. The molecule has 0 heterocycles. The summed E-state index contributed by atoms with van der Waals surface area (Å²) in [5, 5.41) is 5.43. The number of halogens is 4. The fraction of sp³-hybridized carbons (Fsp3) is 0.500. The van der Waals surface area contributed by atoms with Gasteiger partial charge in [-0.2, -0.15) is 13.2 Å². The zero-order valence-electron chi connectivity index (χ0n) is 11.5. The molecule has 2 N–H and O–H groups in total. The summed E-state index contributed by atoms with van der Waals surface area (Å²) in [6.45, 7) is 2.57. The van der Waals surface area contributed by atoms with Crippen molar-refractivity contribution in [3.63, 3.8) is 0 Å². The summed E-state index contributed by atoms with van der Waals surface area (Å²) in [4.78, 5) is 12.2. The quantitative estimate of drug-likeness (QED) is 0.861. The molecule has 1 aliphatic rings. The lowest BCUT2D eigenvalue weighted by molar-refractivity contribution is -0.163. The van der Waals surface area contributed by atoms with Gasteiger partial charge < -0.3 is 10.6 Å². The van der Waals surface area contributed by atoms with Gasteiger partial charge in [-0.05, 0) is 37.5 Å². The minimum atomic E-state index is -4.43. The van der Waals surface area contributed by atoms with Crippen LogP contribution < -0.4 is 10.6 Å². The lowest BCUT2D eigenvalue weighted by Crippen LogP contribution is -2.48. The molecule has 21 heavy (non-hydrogen) atoms. The monoisotopic (exact) mass is 320 g/mol. The van der Waals surface area contributed by atoms with Gasteiger partial charge in [0.25, 0.3) is 5.91 Å². The molecule has 1 saturated carbocycles. The van der Waals surface area contributed by atoms with E-state index in [0.717, 1.165) is 6.42 Å². The summed E-state index contributed by atoms with van der Waals surface area (Å²) in [6.07, 6.45) is -3.77. The third-order valence-electron chi connectivity index (χ3n) is 3.44. The molecule has 0 atom stereocenters. The molecule has 1 aliphatic carbocycles. The highest BCUT2D eigenvalue weighted by molar-refractivity contribution is 6.31. The molecule has 0 radical (unpaired) electrons. The van der Waals surface area contributed by atoms with E-state index in [9.17, 15) is 18.0 Å². The van der Waals surface area contributed by atoms with Crippen molar-refractivity contribution in [2.24, 2.45) is 0 Å². The highest BCUT2D eigenvalue weighted by Crippen LogP contribution is 2.49. The van der Waals surface area contributed by atoms with Crippen molar-refractivity contribution < 1.29 is 18.0 Å². The molecule has 0 aliphatic heterocycles. The van der Waals surface area contributed by atoms with Gasteiger partial charge in [-0.3, -0.25) is 4.79 Å². The van der Waals surface area contributed by atoms with Crippen LogP contribution in [-0.4, -0.2) is 24.2 Å². The molecular weight excluding hydrogens is 305 g/mol. The van der Waals surface area contributed by atoms with E-state index >= 15 is 0 Å². The van der Waals surface area contributed by atoms with Gasteiger partial charge >= 0.3 is 6.18 Å². The van der Waals surface area contributed by atoms with E-state index in [1.54, 1.807) is 12.1 Å². The summed E-state index contributed by atoms with van der Waals surface area (Å²) >= 11 is 5.84. The standard InChI is InChI=1S/C14H16ClF3N2O/c1-2-7-19-11-4-3-9(15)8-10(11)12(21)20-13(5-6-13)14(16,17)18/h3-4,8,19H,2,5-7H2,1H3,(H,20,21). The number of hydrogen-bond acceptors (Lipinski definition) is 2. The minimum absolute atomic E-state index is 0.0828. The van der Waals surface area contributed by atoms with Crippen LogP contribution in [0.4, 0.5) is 18.9 Å². The number of hydrogen-bond donors (Lipinski definition) is 2. The second-order valence-electron chi connectivity index (χ2n) is 5.15. The average Bonchev–Trinajstić information content (AvgIpc) is 3.17. The van der Waals surface area contributed by atoms with E-state index in [4.69, 9.17) is 11.6 Å². The number of benzene rings is 1. The summed E-state index contributed by atoms with van der Waals surface area (Å²) in [6, 6.07) is 4.56. The lowest BCUT2D eigenvalue weighted by atomic mass is 10.1. The van der Waals surface area contributed by atoms with E-state index in [1.165, 1.54) is 6.07 Å². The predicted molar refractivity (Wildman–Crippen MR) is 75.7 cm³/mol. The van der Waals surface area contributed by atoms with E-state index in [-0.39, 0.29) is 18.4 Å². The molecule has 0 bridgehead atoms. The molecular formula is C14H16ClF3N2O. The summed E-state index contributed by atoms with van der Waals surface area (Å²) < 4.78 is 38.7. The Hall–Kier alpha value is -1.43. The van der Waals surface area contributed by atoms with Gasteiger partial charge in [0.05, 0.1) is 5.56 Å². The Labute approximate surface area is 125 Å². The first-order chi connectivity index (χ1) is 9.79. The molecule has 0 saturated heterocycles. The van der Waals surface area contributed by atoms with Crippen molar-refractivity contribution in [2.45, 2.75) is 37.9 Å². The molecule has 0 aromatic heterocycles. The van der Waals surface area contributed by atoms with Crippen LogP contribution in [0, 0.1) is 0 Å². The van der Waals surface area contributed by atoms with E-state index in [2.05, 4.69) is 10.6 Å². The first-order valence-corrected chi connectivity index (χ1v) is 7.09. The molecule has 3 nitrogen and oxygen atoms in total. The summed E-state index contributed by atoms with van der Waals surface area (Å²) in [7, 11) is 0. The lowest BCUT2D eigenvalue weighted by Gasteiger charge is -2.21. The Morgan fingerprint density at radius 1 is 1.38 bits per heavy atom. The zero-order chi connectivity index (χ0) is 15.7. The van der Waals surface area contributed by atoms with Crippen molar-refractivity contribution in [3.8, 4) is 0 Å². The fourth-order valence-electron chi connectivity index (χ4n) is 2.01. The van der Waals surface area contributed by atoms with Crippen LogP contribution in [0.15, 0.2) is 18.2 Å². The van der Waals surface area contributed by atoms with Gasteiger partial charge in [-0.15, -0.1) is 0 Å². The topological polar surface area (TPSA) is 41.1 Å². The van der Waals surface area contributed by atoms with Crippen molar-refractivity contribution in [2.75, 3.05) is 11.9 Å². The Morgan fingerprint density at radius 2 is 2.05 bits per heavy atom. The minimum Gasteiger partial charge on any atom is -0.384 e. The van der Waals surface area contributed by atoms with Crippen LogP contribution in [0.2, 0.25) is 5.02 Å². The average molecular weight is 321 g/mol. The number of rotatable bonds is 5. The van der Waals surface area contributed by atoms with Gasteiger partial charge in [-0.25, -0.2) is 0 Å². The number of amides is 1. The molecule has 7 heteroatoms. The third kappa shape index (κ3) is 3.43. The van der Waals surface area contributed by atoms with Crippen LogP contribution >= 0.6 is 11.6 Å². The predicted octanol–water partition coefficient (Wildman–Crippen LogP) is 3.99. The van der Waals surface area contributed by atoms with E-state index in [1.807, 2.05) is 6.92 Å². The van der Waals surface area contributed by atoms with Crippen LogP contribution in [0.5, 0.6) is 0 Å². The highest BCUT2D eigenvalue weighted by atomic mass is 35.5. The molecule has 116 valence electrons. The molecule has 1 aromatic carbocycles. The van der Waals surface area contributed by atoms with Crippen molar-refractivity contribution in [1.29, 1.82) is 0 Å². The molecule has 0 unspecified atom stereocenters. The van der Waals surface area contributed by atoms with Gasteiger partial charge in [-0.1, -0.05) is 18.5 Å². The first-order valence-electron chi connectivity index (χ1n) is 6.72.